The van der Waals surface area contributed by atoms with Gasteiger partial charge >= 0.3 is 13.6 Å². The molecule has 0 aliphatic heterocycles. The molecule has 1 heterocycles. The number of nitrogens with two attached hydrogens (primary N) is 2. The van der Waals surface area contributed by atoms with Crippen LogP contribution in [0.5, 0.6) is 0 Å². The standard InChI is InChI=1S/C20H16ClF2N3O.C6H13NO.CH5O3P.3CH4/c1-2-12-13(6-3-7-14(12)21)17-10-5-11-18(25-17)26(20(24)27)19-15(22)8-4-9-16(19)23;1-4(2)6(7)5(3)8;1-5(2,3)4;;;/h3-11H,2H2,1H3,(H2,24,27);4,6H,7H2,1-3H3;1H3,(H2,2,3,4);3*1H4/t;6-;;;;/m.0..../s1. The summed E-state index contributed by atoms with van der Waals surface area (Å²) in [6.45, 7) is 8.20. The van der Waals surface area contributed by atoms with Gasteiger partial charge in [-0.2, -0.15) is 0 Å². The smallest absolute Gasteiger partial charge is 0.325 e. The molecular weight excluding hydrogens is 601 g/mol. The number of hydrogen-bond acceptors (Lipinski definition) is 5. The average Bonchev–Trinajstić information content (AvgIpc) is 2.84. The summed E-state index contributed by atoms with van der Waals surface area (Å²) < 4.78 is 37.7. The molecule has 1 atom stereocenters. The van der Waals surface area contributed by atoms with Gasteiger partial charge in [0.05, 0.1) is 11.7 Å². The lowest BCUT2D eigenvalue weighted by atomic mass is 10.0. The Hall–Kier alpha value is -3.21. The summed E-state index contributed by atoms with van der Waals surface area (Å²) in [6, 6.07) is 12.2. The number of hydrogen-bond donors (Lipinski definition) is 4. The van der Waals surface area contributed by atoms with E-state index in [-0.39, 0.29) is 45.8 Å². The Labute approximate surface area is 259 Å². The van der Waals surface area contributed by atoms with E-state index in [1.807, 2.05) is 26.8 Å². The highest BCUT2D eigenvalue weighted by Crippen LogP contribution is 2.33. The third kappa shape index (κ3) is 14.2. The first-order valence-electron chi connectivity index (χ1n) is 12.1. The number of pyridine rings is 1. The number of Topliss-reactive ketones (excluding diaryl/α,β-unsaturated/α-hetero) is 1. The fraction of sp³-hybridized carbons (Fsp3) is 0.367. The van der Waals surface area contributed by atoms with E-state index in [0.29, 0.717) is 22.0 Å². The van der Waals surface area contributed by atoms with Crippen molar-refractivity contribution in [1.82, 2.24) is 4.98 Å². The first kappa shape index (κ1) is 44.2. The summed E-state index contributed by atoms with van der Waals surface area (Å²) in [4.78, 5) is 42.8. The van der Waals surface area contributed by atoms with Gasteiger partial charge < -0.3 is 21.3 Å². The minimum atomic E-state index is -3.64. The number of urea groups is 1. The van der Waals surface area contributed by atoms with Crippen LogP contribution >= 0.6 is 19.2 Å². The van der Waals surface area contributed by atoms with Gasteiger partial charge in [-0.25, -0.2) is 23.5 Å². The van der Waals surface area contributed by atoms with E-state index in [9.17, 15) is 22.9 Å². The summed E-state index contributed by atoms with van der Waals surface area (Å²) in [5, 5.41) is 0.592. The number of ketones is 1. The van der Waals surface area contributed by atoms with E-state index in [0.717, 1.165) is 29.9 Å². The molecule has 9 nitrogen and oxygen atoms in total. The molecule has 2 aromatic carbocycles. The van der Waals surface area contributed by atoms with Gasteiger partial charge in [0, 0.05) is 17.3 Å². The topological polar surface area (TPSA) is 160 Å². The van der Waals surface area contributed by atoms with Crippen LogP contribution in [0.3, 0.4) is 0 Å². The van der Waals surface area contributed by atoms with E-state index < -0.39 is 30.9 Å². The maximum atomic E-state index is 14.2. The molecule has 1 aromatic heterocycles. The van der Waals surface area contributed by atoms with Crippen LogP contribution in [0.4, 0.5) is 25.1 Å². The van der Waals surface area contributed by atoms with Crippen molar-refractivity contribution in [2.24, 2.45) is 17.4 Å². The van der Waals surface area contributed by atoms with Crippen LogP contribution in [0.15, 0.2) is 54.6 Å². The summed E-state index contributed by atoms with van der Waals surface area (Å²) in [5.41, 5.74) is 12.4. The second kappa shape index (κ2) is 19.9. The Balaban J connectivity index is -0.000000847. The van der Waals surface area contributed by atoms with E-state index in [1.54, 1.807) is 24.3 Å². The van der Waals surface area contributed by atoms with Gasteiger partial charge in [-0.1, -0.05) is 78.9 Å². The highest BCUT2D eigenvalue weighted by molar-refractivity contribution is 7.50. The van der Waals surface area contributed by atoms with Crippen LogP contribution in [0.1, 0.15) is 55.5 Å². The molecule has 13 heteroatoms. The van der Waals surface area contributed by atoms with Gasteiger partial charge in [-0.3, -0.25) is 9.36 Å². The number of anilines is 2. The van der Waals surface area contributed by atoms with Gasteiger partial charge in [0.25, 0.3) is 0 Å². The minimum Gasteiger partial charge on any atom is -0.351 e. The molecule has 0 fully saturated rings. The van der Waals surface area contributed by atoms with Crippen molar-refractivity contribution in [3.05, 3.63) is 76.8 Å². The number of amides is 2. The largest absolute Gasteiger partial charge is 0.351 e. The number of benzene rings is 2. The summed E-state index contributed by atoms with van der Waals surface area (Å²) in [7, 11) is -3.64. The number of carbonyl (C=O) groups excluding carboxylic acids is 2. The summed E-state index contributed by atoms with van der Waals surface area (Å²) in [6.07, 6.45) is 0.669. The molecule has 0 bridgehead atoms. The normalized spacial score (nSPS) is 10.7. The molecule has 0 spiro atoms. The highest BCUT2D eigenvalue weighted by atomic mass is 35.5. The maximum Gasteiger partial charge on any atom is 0.325 e. The molecule has 2 amide bonds. The predicted octanol–water partition coefficient (Wildman–Crippen LogP) is 7.72. The Bertz CT molecular complexity index is 1340. The average molecular weight is 647 g/mol. The Kier molecular flexibility index (Phi) is 20.4. The zero-order valence-corrected chi connectivity index (χ0v) is 24.5. The Morgan fingerprint density at radius 1 is 1.00 bits per heavy atom. The first-order valence-corrected chi connectivity index (χ1v) is 14.5. The van der Waals surface area contributed by atoms with Gasteiger partial charge in [0.15, 0.2) is 0 Å². The first-order chi connectivity index (χ1) is 18.5. The van der Waals surface area contributed by atoms with Gasteiger partial charge in [0.2, 0.25) is 0 Å². The molecule has 0 saturated carbocycles. The quantitative estimate of drug-likeness (QED) is 0.199. The fourth-order valence-corrected chi connectivity index (χ4v) is 3.67. The van der Waals surface area contributed by atoms with E-state index >= 15 is 0 Å². The second-order valence-electron chi connectivity index (χ2n) is 8.96. The van der Waals surface area contributed by atoms with Gasteiger partial charge in [0.1, 0.15) is 28.9 Å². The fourth-order valence-electron chi connectivity index (χ4n) is 3.37. The Morgan fingerprint density at radius 3 is 1.86 bits per heavy atom. The third-order valence-electron chi connectivity index (χ3n) is 5.28. The van der Waals surface area contributed by atoms with E-state index in [1.165, 1.54) is 19.1 Å². The molecule has 0 radical (unpaired) electrons. The van der Waals surface area contributed by atoms with E-state index in [4.69, 9.17) is 32.9 Å². The molecule has 242 valence electrons. The monoisotopic (exact) mass is 646 g/mol. The lowest BCUT2D eigenvalue weighted by Gasteiger charge is -2.21. The number of carbonyl (C=O) groups is 2. The number of nitrogens with zero attached hydrogens (tertiary/aromatic N) is 2. The van der Waals surface area contributed by atoms with Crippen molar-refractivity contribution in [3.8, 4) is 11.3 Å². The van der Waals surface area contributed by atoms with Crippen molar-refractivity contribution >= 4 is 42.5 Å². The maximum absolute atomic E-state index is 14.2. The van der Waals surface area contributed by atoms with Crippen molar-refractivity contribution < 1.29 is 32.7 Å². The van der Waals surface area contributed by atoms with Crippen LogP contribution in [-0.2, 0) is 15.8 Å². The van der Waals surface area contributed by atoms with Crippen LogP contribution in [-0.4, -0.2) is 39.3 Å². The molecule has 0 aliphatic rings. The van der Waals surface area contributed by atoms with Crippen molar-refractivity contribution in [3.63, 3.8) is 0 Å². The predicted molar refractivity (Wildman–Crippen MR) is 174 cm³/mol. The molecule has 0 aliphatic carbocycles. The van der Waals surface area contributed by atoms with Crippen molar-refractivity contribution in [1.29, 1.82) is 0 Å². The van der Waals surface area contributed by atoms with Gasteiger partial charge in [-0.05, 0) is 55.2 Å². The third-order valence-corrected chi connectivity index (χ3v) is 5.64. The highest BCUT2D eigenvalue weighted by Gasteiger charge is 2.24. The summed E-state index contributed by atoms with van der Waals surface area (Å²) in [5.74, 6) is -1.49. The Morgan fingerprint density at radius 2 is 1.47 bits per heavy atom. The number of rotatable bonds is 6. The van der Waals surface area contributed by atoms with Crippen LogP contribution in [0.2, 0.25) is 5.02 Å². The lowest BCUT2D eigenvalue weighted by Crippen LogP contribution is -2.33. The van der Waals surface area contributed by atoms with Gasteiger partial charge in [-0.15, -0.1) is 0 Å². The van der Waals surface area contributed by atoms with Crippen LogP contribution in [0, 0.1) is 17.6 Å². The van der Waals surface area contributed by atoms with Crippen molar-refractivity contribution in [2.75, 3.05) is 11.6 Å². The number of primary amides is 1. The van der Waals surface area contributed by atoms with E-state index in [2.05, 4.69) is 4.98 Å². The lowest BCUT2D eigenvalue weighted by molar-refractivity contribution is -0.119. The molecule has 0 unspecified atom stereocenters. The zero-order valence-electron chi connectivity index (χ0n) is 22.8. The summed E-state index contributed by atoms with van der Waals surface area (Å²) >= 11 is 6.26. The number of para-hydroxylation sites is 1. The van der Waals surface area contributed by atoms with Crippen LogP contribution in [0.25, 0.3) is 11.3 Å². The molecule has 3 aromatic rings. The number of halogens is 3. The molecule has 3 rings (SSSR count). The minimum absolute atomic E-state index is 0. The van der Waals surface area contributed by atoms with Crippen molar-refractivity contribution in [2.45, 2.75) is 62.4 Å². The molecular formula is C30H46ClF2N4O5P. The molecule has 43 heavy (non-hydrogen) atoms. The zero-order chi connectivity index (χ0) is 30.8. The second-order valence-corrected chi connectivity index (χ2v) is 11.0. The molecule has 6 N–H and O–H groups in total. The van der Waals surface area contributed by atoms with Crippen LogP contribution < -0.4 is 16.4 Å². The molecule has 0 saturated heterocycles. The SMILES string of the molecule is C.C.C.CC(=O)[C@@H](N)C(C)C.CCc1c(Cl)cccc1-c1cccc(N(C(N)=O)c2c(F)cccc2F)n1.CP(=O)(O)O. The number of aromatic nitrogens is 1.